The van der Waals surface area contributed by atoms with Gasteiger partial charge in [-0.25, -0.2) is 4.98 Å². The Hall–Kier alpha value is -1.09. The average molecular weight is 217 g/mol. The second-order valence-corrected chi connectivity index (χ2v) is 5.21. The highest BCUT2D eigenvalue weighted by atomic mass is 15.3. The van der Waals surface area contributed by atoms with Crippen molar-refractivity contribution in [3.8, 4) is 0 Å². The summed E-state index contributed by atoms with van der Waals surface area (Å²) in [5.41, 5.74) is 1.33. The Bertz CT molecular complexity index is 357. The number of fused-ring (bicyclic) bond motifs is 2. The molecule has 0 spiro atoms. The highest BCUT2D eigenvalue weighted by molar-refractivity contribution is 5.47. The predicted molar refractivity (Wildman–Crippen MR) is 65.9 cm³/mol. The minimum atomic E-state index is 0.569. The number of piperidine rings is 1. The molecule has 2 atom stereocenters. The van der Waals surface area contributed by atoms with Crippen molar-refractivity contribution in [3.63, 3.8) is 0 Å². The smallest absolute Gasteiger partial charge is 0.129 e. The normalized spacial score (nSPS) is 28.1. The van der Waals surface area contributed by atoms with Gasteiger partial charge in [0.25, 0.3) is 0 Å². The Morgan fingerprint density at radius 1 is 1.31 bits per heavy atom. The van der Waals surface area contributed by atoms with Crippen molar-refractivity contribution < 1.29 is 0 Å². The molecule has 1 aromatic rings. The lowest BCUT2D eigenvalue weighted by Gasteiger charge is -2.53. The van der Waals surface area contributed by atoms with E-state index >= 15 is 0 Å². The zero-order valence-corrected chi connectivity index (χ0v) is 9.98. The molecule has 16 heavy (non-hydrogen) atoms. The van der Waals surface area contributed by atoms with Gasteiger partial charge in [0.15, 0.2) is 0 Å². The van der Waals surface area contributed by atoms with E-state index in [1.807, 2.05) is 6.20 Å². The summed E-state index contributed by atoms with van der Waals surface area (Å²) >= 11 is 0. The zero-order chi connectivity index (χ0) is 11.1. The number of hydrogen-bond acceptors (Lipinski definition) is 3. The van der Waals surface area contributed by atoms with Gasteiger partial charge in [0, 0.05) is 31.4 Å². The van der Waals surface area contributed by atoms with Crippen LogP contribution in [-0.2, 0) is 0 Å². The maximum absolute atomic E-state index is 4.60. The molecule has 3 nitrogen and oxygen atoms in total. The van der Waals surface area contributed by atoms with Gasteiger partial charge in [0.1, 0.15) is 5.82 Å². The Kier molecular flexibility index (Phi) is 2.36. The highest BCUT2D eigenvalue weighted by Crippen LogP contribution is 2.33. The van der Waals surface area contributed by atoms with Gasteiger partial charge < -0.3 is 10.2 Å². The van der Waals surface area contributed by atoms with Gasteiger partial charge in [-0.05, 0) is 24.0 Å². The molecule has 0 amide bonds. The van der Waals surface area contributed by atoms with Crippen LogP contribution in [0.4, 0.5) is 5.82 Å². The Morgan fingerprint density at radius 3 is 2.56 bits per heavy atom. The number of rotatable bonds is 2. The van der Waals surface area contributed by atoms with Gasteiger partial charge in [-0.3, -0.25) is 0 Å². The molecule has 1 N–H and O–H groups in total. The third kappa shape index (κ3) is 1.50. The topological polar surface area (TPSA) is 28.2 Å². The number of pyridine rings is 1. The maximum atomic E-state index is 4.60. The first-order valence-electron chi connectivity index (χ1n) is 6.20. The molecule has 0 radical (unpaired) electrons. The summed E-state index contributed by atoms with van der Waals surface area (Å²) in [6.45, 7) is 6.65. The van der Waals surface area contributed by atoms with Crippen LogP contribution < -0.4 is 10.2 Å². The van der Waals surface area contributed by atoms with E-state index in [4.69, 9.17) is 0 Å². The molecule has 0 aliphatic carbocycles. The quantitative estimate of drug-likeness (QED) is 0.818. The van der Waals surface area contributed by atoms with Gasteiger partial charge in [-0.1, -0.05) is 19.9 Å². The van der Waals surface area contributed by atoms with Gasteiger partial charge in [0.05, 0.1) is 0 Å². The van der Waals surface area contributed by atoms with Crippen molar-refractivity contribution in [2.45, 2.75) is 38.3 Å². The third-order valence-electron chi connectivity index (χ3n) is 3.79. The van der Waals surface area contributed by atoms with E-state index in [1.54, 1.807) is 0 Å². The second kappa shape index (κ2) is 3.74. The molecule has 1 aromatic heterocycles. The number of piperazine rings is 1. The van der Waals surface area contributed by atoms with E-state index in [9.17, 15) is 0 Å². The monoisotopic (exact) mass is 217 g/mol. The molecule has 2 fully saturated rings. The van der Waals surface area contributed by atoms with E-state index in [-0.39, 0.29) is 0 Å². The van der Waals surface area contributed by atoms with Crippen molar-refractivity contribution in [2.24, 2.45) is 0 Å². The number of aromatic nitrogens is 1. The summed E-state index contributed by atoms with van der Waals surface area (Å²) in [7, 11) is 0. The van der Waals surface area contributed by atoms with Crippen LogP contribution >= 0.6 is 0 Å². The lowest BCUT2D eigenvalue weighted by molar-refractivity contribution is 0.260. The summed E-state index contributed by atoms with van der Waals surface area (Å²) in [5, 5.41) is 3.44. The maximum Gasteiger partial charge on any atom is 0.129 e. The lowest BCUT2D eigenvalue weighted by atomic mass is 9.89. The average Bonchev–Trinajstić information content (AvgIpc) is 2.30. The van der Waals surface area contributed by atoms with E-state index in [0.717, 1.165) is 18.9 Å². The van der Waals surface area contributed by atoms with Gasteiger partial charge in [-0.2, -0.15) is 0 Å². The fraction of sp³-hybridized carbons (Fsp3) is 0.615. The van der Waals surface area contributed by atoms with Crippen molar-refractivity contribution >= 4 is 5.82 Å². The van der Waals surface area contributed by atoms with E-state index < -0.39 is 0 Å². The van der Waals surface area contributed by atoms with Crippen LogP contribution in [0, 0.1) is 0 Å². The molecule has 3 heteroatoms. The molecule has 3 rings (SSSR count). The van der Waals surface area contributed by atoms with Crippen LogP contribution in [0.1, 0.15) is 31.7 Å². The van der Waals surface area contributed by atoms with Crippen molar-refractivity contribution in [1.82, 2.24) is 10.3 Å². The fourth-order valence-electron chi connectivity index (χ4n) is 2.75. The SMILES string of the molecule is CC(C)c1ccc(N2C3CNCC2C3)nc1. The molecular weight excluding hydrogens is 198 g/mol. The fourth-order valence-corrected chi connectivity index (χ4v) is 2.75. The van der Waals surface area contributed by atoms with Crippen molar-refractivity contribution in [1.29, 1.82) is 0 Å². The lowest BCUT2D eigenvalue weighted by Crippen LogP contribution is -2.68. The molecule has 2 aliphatic heterocycles. The third-order valence-corrected chi connectivity index (χ3v) is 3.79. The van der Waals surface area contributed by atoms with Crippen LogP contribution in [0.25, 0.3) is 0 Å². The Balaban J connectivity index is 1.80. The molecule has 0 saturated carbocycles. The molecular formula is C13H19N3. The van der Waals surface area contributed by atoms with Crippen molar-refractivity contribution in [3.05, 3.63) is 23.9 Å². The standard InChI is InChI=1S/C13H19N3/c1-9(2)10-3-4-13(15-6-10)16-11-5-12(16)8-14-7-11/h3-4,6,9,11-12,14H,5,7-8H2,1-2H3. The summed E-state index contributed by atoms with van der Waals surface area (Å²) in [4.78, 5) is 7.08. The van der Waals surface area contributed by atoms with Gasteiger partial charge in [0.2, 0.25) is 0 Å². The van der Waals surface area contributed by atoms with Crippen LogP contribution in [0.3, 0.4) is 0 Å². The molecule has 86 valence electrons. The van der Waals surface area contributed by atoms with Crippen molar-refractivity contribution in [2.75, 3.05) is 18.0 Å². The van der Waals surface area contributed by atoms with Crippen LogP contribution in [0.15, 0.2) is 18.3 Å². The number of nitrogens with one attached hydrogen (secondary N) is 1. The second-order valence-electron chi connectivity index (χ2n) is 5.21. The molecule has 0 aromatic carbocycles. The highest BCUT2D eigenvalue weighted by Gasteiger charge is 2.41. The largest absolute Gasteiger partial charge is 0.348 e. The minimum Gasteiger partial charge on any atom is -0.348 e. The van der Waals surface area contributed by atoms with Crippen LogP contribution in [0.5, 0.6) is 0 Å². The summed E-state index contributed by atoms with van der Waals surface area (Å²) in [6, 6.07) is 5.75. The molecule has 2 bridgehead atoms. The Morgan fingerprint density at radius 2 is 2.06 bits per heavy atom. The number of nitrogens with zero attached hydrogens (tertiary/aromatic N) is 2. The molecule has 2 unspecified atom stereocenters. The molecule has 2 saturated heterocycles. The van der Waals surface area contributed by atoms with Crippen LogP contribution in [-0.4, -0.2) is 30.2 Å². The predicted octanol–water partition coefficient (Wildman–Crippen LogP) is 1.76. The van der Waals surface area contributed by atoms with Gasteiger partial charge in [-0.15, -0.1) is 0 Å². The summed E-state index contributed by atoms with van der Waals surface area (Å²) in [5.74, 6) is 1.73. The van der Waals surface area contributed by atoms with E-state index in [0.29, 0.717) is 18.0 Å². The minimum absolute atomic E-state index is 0.569. The summed E-state index contributed by atoms with van der Waals surface area (Å²) in [6.07, 6.45) is 3.36. The number of hydrogen-bond donors (Lipinski definition) is 1. The number of anilines is 1. The first kappa shape index (κ1) is 10.1. The van der Waals surface area contributed by atoms with Gasteiger partial charge >= 0.3 is 0 Å². The zero-order valence-electron chi connectivity index (χ0n) is 9.98. The first-order chi connectivity index (χ1) is 7.75. The van der Waals surface area contributed by atoms with E-state index in [2.05, 4.69) is 41.2 Å². The Labute approximate surface area is 96.9 Å². The molecule has 3 heterocycles. The van der Waals surface area contributed by atoms with E-state index in [1.165, 1.54) is 12.0 Å². The molecule has 2 aliphatic rings. The summed E-state index contributed by atoms with van der Waals surface area (Å²) < 4.78 is 0. The van der Waals surface area contributed by atoms with Crippen LogP contribution in [0.2, 0.25) is 0 Å². The first-order valence-corrected chi connectivity index (χ1v) is 6.20.